The Labute approximate surface area is 101 Å². The number of benzene rings is 1. The standard InChI is InChI=1S/C12H18N4O/c1-3-9(2)17-11-6-4-10(5-7-11)8-15-16-12(13)14/h4-9H,3H2,1-2H3,(H4,13,14,16). The quantitative estimate of drug-likeness (QED) is 0.459. The molecule has 4 N–H and O–H groups in total. The van der Waals surface area contributed by atoms with Crippen molar-refractivity contribution in [3.63, 3.8) is 0 Å². The van der Waals surface area contributed by atoms with Crippen LogP contribution in [0.5, 0.6) is 5.75 Å². The van der Waals surface area contributed by atoms with Crippen LogP contribution in [0.1, 0.15) is 25.8 Å². The van der Waals surface area contributed by atoms with Crippen molar-refractivity contribution >= 4 is 12.2 Å². The lowest BCUT2D eigenvalue weighted by Crippen LogP contribution is -2.21. The van der Waals surface area contributed by atoms with Gasteiger partial charge in [0.25, 0.3) is 0 Å². The van der Waals surface area contributed by atoms with E-state index in [0.717, 1.165) is 17.7 Å². The zero-order valence-electron chi connectivity index (χ0n) is 10.1. The molecule has 0 aliphatic carbocycles. The first-order valence-corrected chi connectivity index (χ1v) is 5.50. The summed E-state index contributed by atoms with van der Waals surface area (Å²) in [5, 5.41) is 7.23. The molecule has 0 heterocycles. The zero-order valence-corrected chi connectivity index (χ0v) is 10.1. The van der Waals surface area contributed by atoms with Crippen molar-refractivity contribution in [1.29, 1.82) is 0 Å². The van der Waals surface area contributed by atoms with Crippen LogP contribution >= 0.6 is 0 Å². The highest BCUT2D eigenvalue weighted by molar-refractivity contribution is 5.81. The van der Waals surface area contributed by atoms with Crippen molar-refractivity contribution in [3.8, 4) is 5.75 Å². The molecule has 1 unspecified atom stereocenters. The third kappa shape index (κ3) is 5.01. The van der Waals surface area contributed by atoms with Gasteiger partial charge in [0.05, 0.1) is 12.3 Å². The van der Waals surface area contributed by atoms with Gasteiger partial charge in [-0.15, -0.1) is 5.10 Å². The fourth-order valence-electron chi connectivity index (χ4n) is 1.11. The lowest BCUT2D eigenvalue weighted by molar-refractivity contribution is 0.217. The molecule has 0 aromatic heterocycles. The molecule has 0 saturated carbocycles. The van der Waals surface area contributed by atoms with Crippen molar-refractivity contribution in [1.82, 2.24) is 0 Å². The molecule has 17 heavy (non-hydrogen) atoms. The third-order valence-electron chi connectivity index (χ3n) is 2.17. The van der Waals surface area contributed by atoms with E-state index in [2.05, 4.69) is 17.1 Å². The van der Waals surface area contributed by atoms with Gasteiger partial charge in [0.2, 0.25) is 5.96 Å². The Kier molecular flexibility index (Phi) is 5.00. The normalized spacial score (nSPS) is 12.4. The molecule has 1 atom stereocenters. The summed E-state index contributed by atoms with van der Waals surface area (Å²) in [6.07, 6.45) is 2.77. The molecule has 0 aliphatic rings. The van der Waals surface area contributed by atoms with E-state index in [-0.39, 0.29) is 12.1 Å². The molecule has 0 amide bonds. The predicted octanol–water partition coefficient (Wildman–Crippen LogP) is 1.47. The van der Waals surface area contributed by atoms with Crippen molar-refractivity contribution in [2.75, 3.05) is 0 Å². The average Bonchev–Trinajstić information content (AvgIpc) is 2.31. The third-order valence-corrected chi connectivity index (χ3v) is 2.17. The van der Waals surface area contributed by atoms with Crippen LogP contribution in [0.3, 0.4) is 0 Å². The maximum atomic E-state index is 5.65. The number of guanidine groups is 1. The second-order valence-electron chi connectivity index (χ2n) is 3.68. The summed E-state index contributed by atoms with van der Waals surface area (Å²) in [6.45, 7) is 4.12. The van der Waals surface area contributed by atoms with Crippen LogP contribution in [0.4, 0.5) is 0 Å². The van der Waals surface area contributed by atoms with Crippen LogP contribution in [0, 0.1) is 0 Å². The van der Waals surface area contributed by atoms with Crippen molar-refractivity contribution in [3.05, 3.63) is 29.8 Å². The van der Waals surface area contributed by atoms with Crippen LogP contribution in [0.15, 0.2) is 34.5 Å². The summed E-state index contributed by atoms with van der Waals surface area (Å²) >= 11 is 0. The summed E-state index contributed by atoms with van der Waals surface area (Å²) in [4.78, 5) is 0. The molecule has 5 nitrogen and oxygen atoms in total. The van der Waals surface area contributed by atoms with Crippen molar-refractivity contribution in [2.45, 2.75) is 26.4 Å². The molecule has 0 spiro atoms. The van der Waals surface area contributed by atoms with Gasteiger partial charge in [-0.05, 0) is 43.2 Å². The molecule has 1 rings (SSSR count). The lowest BCUT2D eigenvalue weighted by atomic mass is 10.2. The molecule has 1 aromatic rings. The molecule has 0 saturated heterocycles. The first-order valence-electron chi connectivity index (χ1n) is 5.50. The second kappa shape index (κ2) is 6.52. The number of ether oxygens (including phenoxy) is 1. The predicted molar refractivity (Wildman–Crippen MR) is 70.2 cm³/mol. The number of hydrogen-bond donors (Lipinski definition) is 2. The van der Waals surface area contributed by atoms with Crippen LogP contribution in [-0.4, -0.2) is 18.3 Å². The number of hydrogen-bond acceptors (Lipinski definition) is 3. The first-order chi connectivity index (χ1) is 8.11. The van der Waals surface area contributed by atoms with E-state index in [1.54, 1.807) is 6.21 Å². The van der Waals surface area contributed by atoms with Gasteiger partial charge in [-0.25, -0.2) is 0 Å². The fraction of sp³-hybridized carbons (Fsp3) is 0.333. The minimum Gasteiger partial charge on any atom is -0.491 e. The zero-order chi connectivity index (χ0) is 12.7. The Hall–Kier alpha value is -2.04. The molecular weight excluding hydrogens is 216 g/mol. The van der Waals surface area contributed by atoms with E-state index in [1.165, 1.54) is 0 Å². The Morgan fingerprint density at radius 3 is 2.53 bits per heavy atom. The fourth-order valence-corrected chi connectivity index (χ4v) is 1.11. The highest BCUT2D eigenvalue weighted by Gasteiger charge is 1.99. The second-order valence-corrected chi connectivity index (χ2v) is 3.68. The van der Waals surface area contributed by atoms with E-state index in [1.807, 2.05) is 31.2 Å². The Morgan fingerprint density at radius 1 is 1.35 bits per heavy atom. The van der Waals surface area contributed by atoms with Crippen molar-refractivity contribution < 1.29 is 4.74 Å². The van der Waals surface area contributed by atoms with Gasteiger partial charge in [-0.1, -0.05) is 6.92 Å². The van der Waals surface area contributed by atoms with Gasteiger partial charge in [-0.3, -0.25) is 0 Å². The molecule has 5 heteroatoms. The van der Waals surface area contributed by atoms with Gasteiger partial charge >= 0.3 is 0 Å². The van der Waals surface area contributed by atoms with Gasteiger partial charge < -0.3 is 16.2 Å². The summed E-state index contributed by atoms with van der Waals surface area (Å²) in [5.41, 5.74) is 11.2. The maximum absolute atomic E-state index is 5.65. The monoisotopic (exact) mass is 234 g/mol. The Bertz CT molecular complexity index is 393. The summed E-state index contributed by atoms with van der Waals surface area (Å²) in [5.74, 6) is 0.788. The van der Waals surface area contributed by atoms with Crippen LogP contribution in [0.2, 0.25) is 0 Å². The van der Waals surface area contributed by atoms with Crippen LogP contribution < -0.4 is 16.2 Å². The Balaban J connectivity index is 2.62. The molecule has 92 valence electrons. The molecule has 0 bridgehead atoms. The molecule has 0 aliphatic heterocycles. The van der Waals surface area contributed by atoms with E-state index >= 15 is 0 Å². The maximum Gasteiger partial charge on any atom is 0.211 e. The average molecular weight is 234 g/mol. The molecular formula is C12H18N4O. The highest BCUT2D eigenvalue weighted by Crippen LogP contribution is 2.13. The van der Waals surface area contributed by atoms with Crippen LogP contribution in [-0.2, 0) is 0 Å². The van der Waals surface area contributed by atoms with Gasteiger partial charge in [0, 0.05) is 0 Å². The lowest BCUT2D eigenvalue weighted by Gasteiger charge is -2.12. The molecule has 0 fully saturated rings. The minimum absolute atomic E-state index is 0.0574. The van der Waals surface area contributed by atoms with E-state index in [0.29, 0.717) is 0 Å². The van der Waals surface area contributed by atoms with Gasteiger partial charge in [0.1, 0.15) is 5.75 Å². The summed E-state index contributed by atoms with van der Waals surface area (Å²) in [7, 11) is 0. The van der Waals surface area contributed by atoms with Crippen LogP contribution in [0.25, 0.3) is 0 Å². The highest BCUT2D eigenvalue weighted by atomic mass is 16.5. The van der Waals surface area contributed by atoms with E-state index in [4.69, 9.17) is 16.2 Å². The Morgan fingerprint density at radius 2 is 2.00 bits per heavy atom. The number of rotatable bonds is 5. The van der Waals surface area contributed by atoms with E-state index in [9.17, 15) is 0 Å². The topological polar surface area (TPSA) is 86.0 Å². The summed E-state index contributed by atoms with van der Waals surface area (Å²) < 4.78 is 5.65. The summed E-state index contributed by atoms with van der Waals surface area (Å²) in [6, 6.07) is 7.57. The largest absolute Gasteiger partial charge is 0.491 e. The van der Waals surface area contributed by atoms with Gasteiger partial charge in [-0.2, -0.15) is 5.10 Å². The molecule has 1 aromatic carbocycles. The number of nitrogens with two attached hydrogens (primary N) is 2. The van der Waals surface area contributed by atoms with E-state index < -0.39 is 0 Å². The first kappa shape index (κ1) is 13.0. The van der Waals surface area contributed by atoms with Crippen molar-refractivity contribution in [2.24, 2.45) is 21.7 Å². The number of nitrogens with zero attached hydrogens (tertiary/aromatic N) is 2. The smallest absolute Gasteiger partial charge is 0.211 e. The minimum atomic E-state index is -0.0574. The van der Waals surface area contributed by atoms with Gasteiger partial charge in [0.15, 0.2) is 0 Å². The molecule has 0 radical (unpaired) electrons. The SMILES string of the molecule is CCC(C)Oc1ccc(C=NN=C(N)N)cc1.